The molecule has 4 aromatic heterocycles. The fourth-order valence-corrected chi connectivity index (χ4v) is 9.71. The van der Waals surface area contributed by atoms with Crippen molar-refractivity contribution in [3.8, 4) is 33.6 Å². The van der Waals surface area contributed by atoms with Gasteiger partial charge in [0.05, 0.1) is 59.5 Å². The highest BCUT2D eigenvalue weighted by molar-refractivity contribution is 7.27. The lowest BCUT2D eigenvalue weighted by Crippen LogP contribution is -2.47. The summed E-state index contributed by atoms with van der Waals surface area (Å²) in [4.78, 5) is 66.4. The molecular formula is C44H50N8O6S2. The predicted octanol–water partition coefficient (Wildman–Crippen LogP) is 7.59. The number of amides is 3. The summed E-state index contributed by atoms with van der Waals surface area (Å²) in [5.41, 5.74) is 6.23. The van der Waals surface area contributed by atoms with Gasteiger partial charge in [0.1, 0.15) is 24.2 Å². The first-order valence-corrected chi connectivity index (χ1v) is 21.4. The van der Waals surface area contributed by atoms with Gasteiger partial charge in [0, 0.05) is 35.0 Å². The summed E-state index contributed by atoms with van der Waals surface area (Å²) in [5, 5.41) is 10.0. The van der Waals surface area contributed by atoms with Crippen molar-refractivity contribution in [1.29, 1.82) is 0 Å². The van der Waals surface area contributed by atoms with Crippen molar-refractivity contribution in [2.24, 2.45) is 5.92 Å². The standard InChI is InChI=1S/C36H40N8O4S2.C6H6.C2H4O2/c1-20(2)30(37-3)35(46)44-14-6-8-28(44)34-39-16-26(42-34)24-19-50-31-23(18-49-32(24)31)21-9-11-22(12-10-21)25-15-38-33(41-25)27-7-5-13-43(27)29(45)17-40-36(47)48-4;1-2-4-6-5-3-1;1-4-2-3/h5,7,9-12,15-16,18-20,27-28,30,37H,6,8,13-14,17H2,1-4H3,(H,38,41)(H,39,42)(H,40,47);1-6H;2H,1H3. The number of methoxy groups -OCH3 is 2. The van der Waals surface area contributed by atoms with Gasteiger partial charge in [-0.1, -0.05) is 86.7 Å². The Bertz CT molecular complexity index is 2340. The van der Waals surface area contributed by atoms with Crippen LogP contribution >= 0.6 is 22.7 Å². The fourth-order valence-electron chi connectivity index (χ4n) is 7.27. The molecule has 60 heavy (non-hydrogen) atoms. The van der Waals surface area contributed by atoms with Crippen LogP contribution in [0.3, 0.4) is 0 Å². The Balaban J connectivity index is 0.000000535. The summed E-state index contributed by atoms with van der Waals surface area (Å²) in [7, 11) is 4.43. The molecule has 314 valence electrons. The predicted molar refractivity (Wildman–Crippen MR) is 235 cm³/mol. The van der Waals surface area contributed by atoms with Gasteiger partial charge in [-0.15, -0.1) is 22.7 Å². The number of thiophene rings is 2. The number of hydrogen-bond donors (Lipinski definition) is 4. The van der Waals surface area contributed by atoms with Crippen molar-refractivity contribution in [2.75, 3.05) is 40.9 Å². The highest BCUT2D eigenvalue weighted by Gasteiger charge is 2.36. The molecule has 0 aliphatic carbocycles. The zero-order valence-corrected chi connectivity index (χ0v) is 35.8. The van der Waals surface area contributed by atoms with Gasteiger partial charge in [-0.3, -0.25) is 14.4 Å². The van der Waals surface area contributed by atoms with Gasteiger partial charge < -0.3 is 39.9 Å². The minimum Gasteiger partial charge on any atom is -0.471 e. The molecule has 4 N–H and O–H groups in total. The number of carbonyl (C=O) groups is 4. The number of nitrogens with one attached hydrogen (secondary N) is 4. The van der Waals surface area contributed by atoms with E-state index in [2.05, 4.69) is 83.9 Å². The summed E-state index contributed by atoms with van der Waals surface area (Å²) >= 11 is 3.45. The molecule has 16 heteroatoms. The summed E-state index contributed by atoms with van der Waals surface area (Å²) in [5.74, 6) is 1.62. The summed E-state index contributed by atoms with van der Waals surface area (Å²) < 4.78 is 10.9. The quantitative estimate of drug-likeness (QED) is 0.0757. The lowest BCUT2D eigenvalue weighted by Gasteiger charge is -2.29. The van der Waals surface area contributed by atoms with Crippen molar-refractivity contribution < 1.29 is 28.7 Å². The summed E-state index contributed by atoms with van der Waals surface area (Å²) in [6.45, 7) is 5.55. The smallest absolute Gasteiger partial charge is 0.407 e. The number of alkyl carbamates (subject to hydrolysis) is 1. The van der Waals surface area contributed by atoms with E-state index < -0.39 is 6.09 Å². The SMILES string of the molecule is CNC(C(=O)N1CCCC1c1ncc(-c2csc3c(-c4ccc(-c5cnc(C6C=CCN6C(=O)CNC(=O)OC)[nH]5)cc4)csc23)[nH]1)C(C)C.COC=O.c1ccccc1. The first-order chi connectivity index (χ1) is 29.2. The summed E-state index contributed by atoms with van der Waals surface area (Å²) in [6, 6.07) is 19.8. The maximum absolute atomic E-state index is 13.4. The van der Waals surface area contributed by atoms with E-state index in [4.69, 9.17) is 9.78 Å². The number of likely N-dealkylation sites (N-methyl/N-ethyl adjacent to an activating group) is 1. The number of nitrogens with zero attached hydrogens (tertiary/aromatic N) is 4. The Kier molecular flexibility index (Phi) is 15.0. The lowest BCUT2D eigenvalue weighted by atomic mass is 10.0. The van der Waals surface area contributed by atoms with E-state index in [1.165, 1.54) is 29.2 Å². The third-order valence-corrected chi connectivity index (χ3v) is 12.4. The zero-order chi connectivity index (χ0) is 42.6. The average molecular weight is 851 g/mol. The molecule has 6 heterocycles. The van der Waals surface area contributed by atoms with Gasteiger partial charge in [-0.05, 0) is 36.9 Å². The first-order valence-electron chi connectivity index (χ1n) is 19.6. The molecule has 2 aliphatic rings. The third kappa shape index (κ3) is 10.0. The van der Waals surface area contributed by atoms with Gasteiger partial charge >= 0.3 is 6.09 Å². The van der Waals surface area contributed by atoms with Crippen LogP contribution in [0.5, 0.6) is 0 Å². The number of rotatable bonds is 11. The van der Waals surface area contributed by atoms with Crippen LogP contribution in [0.1, 0.15) is 50.4 Å². The molecule has 3 amide bonds. The lowest BCUT2D eigenvalue weighted by molar-refractivity contribution is -0.135. The van der Waals surface area contributed by atoms with E-state index in [0.29, 0.717) is 18.8 Å². The highest BCUT2D eigenvalue weighted by Crippen LogP contribution is 2.44. The number of ether oxygens (including phenoxy) is 2. The maximum Gasteiger partial charge on any atom is 0.407 e. The van der Waals surface area contributed by atoms with Crippen LogP contribution in [-0.2, 0) is 23.9 Å². The second kappa shape index (κ2) is 20.7. The maximum atomic E-state index is 13.4. The molecule has 0 radical (unpaired) electrons. The number of carbonyl (C=O) groups excluding carboxylic acids is 4. The Morgan fingerprint density at radius 3 is 2.12 bits per heavy atom. The number of hydrogen-bond acceptors (Lipinski definition) is 11. The Labute approximate surface area is 357 Å². The zero-order valence-electron chi connectivity index (χ0n) is 34.2. The van der Waals surface area contributed by atoms with Crippen LogP contribution in [0.2, 0.25) is 0 Å². The fraction of sp³-hybridized carbons (Fsp3) is 0.318. The van der Waals surface area contributed by atoms with E-state index in [9.17, 15) is 14.4 Å². The van der Waals surface area contributed by atoms with Crippen LogP contribution in [0.25, 0.3) is 43.0 Å². The van der Waals surface area contributed by atoms with Crippen molar-refractivity contribution in [2.45, 2.75) is 44.8 Å². The molecule has 2 aliphatic heterocycles. The average Bonchev–Trinajstić information content (AvgIpc) is 4.14. The third-order valence-electron chi connectivity index (χ3n) is 10.3. The van der Waals surface area contributed by atoms with E-state index in [1.54, 1.807) is 33.8 Å². The molecule has 2 aromatic carbocycles. The van der Waals surface area contributed by atoms with Gasteiger partial charge in [0.15, 0.2) is 0 Å². The second-order valence-electron chi connectivity index (χ2n) is 14.3. The molecule has 3 unspecified atom stereocenters. The highest BCUT2D eigenvalue weighted by atomic mass is 32.1. The van der Waals surface area contributed by atoms with Crippen molar-refractivity contribution in [1.82, 2.24) is 40.4 Å². The number of benzene rings is 2. The second-order valence-corrected chi connectivity index (χ2v) is 16.1. The Hall–Kier alpha value is -6.10. The molecule has 0 bridgehead atoms. The van der Waals surface area contributed by atoms with E-state index in [0.717, 1.165) is 53.3 Å². The molecule has 6 aromatic rings. The number of likely N-dealkylation sites (tertiary alicyclic amines) is 1. The van der Waals surface area contributed by atoms with Crippen molar-refractivity contribution in [3.05, 3.63) is 108 Å². The first kappa shape index (κ1) is 43.5. The summed E-state index contributed by atoms with van der Waals surface area (Å²) in [6.07, 6.45) is 8.75. The molecule has 3 atom stereocenters. The monoisotopic (exact) mass is 850 g/mol. The minimum atomic E-state index is -0.647. The van der Waals surface area contributed by atoms with Gasteiger partial charge in [0.2, 0.25) is 11.8 Å². The van der Waals surface area contributed by atoms with E-state index >= 15 is 0 Å². The number of H-pyrrole nitrogens is 2. The van der Waals surface area contributed by atoms with Crippen LogP contribution < -0.4 is 10.6 Å². The number of aromatic nitrogens is 4. The van der Waals surface area contributed by atoms with Crippen LogP contribution in [0, 0.1) is 5.92 Å². The van der Waals surface area contributed by atoms with E-state index in [-0.39, 0.29) is 42.4 Å². The molecule has 8 rings (SSSR count). The molecule has 1 fully saturated rings. The normalized spacial score (nSPS) is 16.2. The molecule has 14 nitrogen and oxygen atoms in total. The van der Waals surface area contributed by atoms with Gasteiger partial charge in [0.25, 0.3) is 6.47 Å². The largest absolute Gasteiger partial charge is 0.471 e. The van der Waals surface area contributed by atoms with Crippen LogP contribution in [-0.4, -0.2) is 101 Å². The molecule has 0 saturated carbocycles. The van der Waals surface area contributed by atoms with Crippen LogP contribution in [0.15, 0.2) is 96.0 Å². The van der Waals surface area contributed by atoms with Gasteiger partial charge in [-0.2, -0.15) is 0 Å². The molecule has 1 saturated heterocycles. The Morgan fingerprint density at radius 2 is 1.48 bits per heavy atom. The van der Waals surface area contributed by atoms with Crippen LogP contribution in [0.4, 0.5) is 4.79 Å². The minimum absolute atomic E-state index is 0.0465. The topological polar surface area (TPSA) is 175 Å². The number of aromatic amines is 2. The number of imidazole rings is 2. The molecular weight excluding hydrogens is 801 g/mol. The van der Waals surface area contributed by atoms with Crippen molar-refractivity contribution in [3.63, 3.8) is 0 Å². The number of fused-ring (bicyclic) bond motifs is 1. The van der Waals surface area contributed by atoms with Gasteiger partial charge in [-0.25, -0.2) is 14.8 Å². The molecule has 0 spiro atoms. The van der Waals surface area contributed by atoms with E-state index in [1.807, 2.05) is 66.7 Å². The Morgan fingerprint density at radius 1 is 0.883 bits per heavy atom. The van der Waals surface area contributed by atoms with Crippen molar-refractivity contribution >= 4 is 56.5 Å².